The van der Waals surface area contributed by atoms with Crippen molar-refractivity contribution in [3.8, 4) is 11.4 Å². The quantitative estimate of drug-likeness (QED) is 0.444. The highest BCUT2D eigenvalue weighted by molar-refractivity contribution is 5.76. The molecule has 33 heavy (non-hydrogen) atoms. The molecule has 3 heterocycles. The SMILES string of the molecule is CCCn1c(=O)c2nc(-c3cnn(Cc4cccc(C(F)(F)F)c4)c3)n(O)c2n(CC)c1=O. The maximum atomic E-state index is 13.0. The van der Waals surface area contributed by atoms with Crippen LogP contribution in [-0.2, 0) is 25.8 Å². The van der Waals surface area contributed by atoms with E-state index in [1.165, 1.54) is 27.7 Å². The molecule has 0 radical (unpaired) electrons. The molecule has 0 unspecified atom stereocenters. The molecule has 0 aliphatic carbocycles. The number of aryl methyl sites for hydroxylation is 1. The van der Waals surface area contributed by atoms with Crippen LogP contribution in [0, 0.1) is 0 Å². The Bertz CT molecular complexity index is 1440. The molecule has 0 atom stereocenters. The number of halogens is 3. The summed E-state index contributed by atoms with van der Waals surface area (Å²) in [5.41, 5.74) is -1.28. The first-order chi connectivity index (χ1) is 15.7. The van der Waals surface area contributed by atoms with Gasteiger partial charge in [0, 0.05) is 19.3 Å². The minimum atomic E-state index is -4.45. The van der Waals surface area contributed by atoms with Crippen molar-refractivity contribution in [3.05, 3.63) is 68.6 Å². The zero-order valence-electron chi connectivity index (χ0n) is 17.9. The number of rotatable bonds is 6. The van der Waals surface area contributed by atoms with E-state index in [2.05, 4.69) is 10.1 Å². The highest BCUT2D eigenvalue weighted by Crippen LogP contribution is 2.29. The molecule has 1 N–H and O–H groups in total. The molecule has 0 bridgehead atoms. The van der Waals surface area contributed by atoms with Crippen LogP contribution >= 0.6 is 0 Å². The van der Waals surface area contributed by atoms with Gasteiger partial charge in [-0.1, -0.05) is 19.1 Å². The van der Waals surface area contributed by atoms with Crippen molar-refractivity contribution in [2.24, 2.45) is 0 Å². The summed E-state index contributed by atoms with van der Waals surface area (Å²) in [5.74, 6) is -0.00626. The van der Waals surface area contributed by atoms with Crippen LogP contribution in [0.2, 0.25) is 0 Å². The Morgan fingerprint density at radius 2 is 1.88 bits per heavy atom. The minimum absolute atomic E-state index is 0.00626. The second-order valence-electron chi connectivity index (χ2n) is 7.53. The predicted octanol–water partition coefficient (Wildman–Crippen LogP) is 2.96. The second kappa shape index (κ2) is 8.26. The monoisotopic (exact) mass is 462 g/mol. The van der Waals surface area contributed by atoms with Crippen LogP contribution in [0.25, 0.3) is 22.6 Å². The van der Waals surface area contributed by atoms with Gasteiger partial charge in [0.2, 0.25) is 0 Å². The topological polar surface area (TPSA) is 99.9 Å². The third-order valence-corrected chi connectivity index (χ3v) is 5.25. The van der Waals surface area contributed by atoms with Crippen LogP contribution in [0.1, 0.15) is 31.4 Å². The van der Waals surface area contributed by atoms with Gasteiger partial charge in [0.05, 0.1) is 23.9 Å². The van der Waals surface area contributed by atoms with Gasteiger partial charge in [-0.2, -0.15) is 18.3 Å². The van der Waals surface area contributed by atoms with Crippen molar-refractivity contribution in [2.75, 3.05) is 0 Å². The average Bonchev–Trinajstić information content (AvgIpc) is 3.36. The lowest BCUT2D eigenvalue weighted by atomic mass is 10.1. The maximum Gasteiger partial charge on any atom is 0.416 e. The zero-order chi connectivity index (χ0) is 23.9. The summed E-state index contributed by atoms with van der Waals surface area (Å²) >= 11 is 0. The molecule has 12 heteroatoms. The van der Waals surface area contributed by atoms with Gasteiger partial charge in [-0.15, -0.1) is 4.73 Å². The van der Waals surface area contributed by atoms with Gasteiger partial charge >= 0.3 is 11.9 Å². The fourth-order valence-electron chi connectivity index (χ4n) is 3.73. The Morgan fingerprint density at radius 1 is 1.12 bits per heavy atom. The van der Waals surface area contributed by atoms with E-state index in [1.54, 1.807) is 13.0 Å². The lowest BCUT2D eigenvalue weighted by Gasteiger charge is -2.09. The maximum absolute atomic E-state index is 13.0. The van der Waals surface area contributed by atoms with Crippen LogP contribution in [-0.4, -0.2) is 33.8 Å². The Hall–Kier alpha value is -3.83. The molecule has 174 valence electrons. The van der Waals surface area contributed by atoms with Crippen LogP contribution in [0.3, 0.4) is 0 Å². The number of fused-ring (bicyclic) bond motifs is 1. The Kier molecular flexibility index (Phi) is 5.60. The van der Waals surface area contributed by atoms with Gasteiger partial charge in [0.25, 0.3) is 5.56 Å². The third-order valence-electron chi connectivity index (χ3n) is 5.25. The summed E-state index contributed by atoms with van der Waals surface area (Å²) in [4.78, 5) is 29.8. The number of imidazole rings is 1. The molecule has 0 saturated heterocycles. The Balaban J connectivity index is 1.76. The van der Waals surface area contributed by atoms with Crippen molar-refractivity contribution in [1.82, 2.24) is 28.6 Å². The lowest BCUT2D eigenvalue weighted by molar-refractivity contribution is -0.137. The standard InChI is InChI=1S/C21H21F3N6O3/c1-3-8-29-19(31)16-18(28(4-2)20(29)32)30(33)17(26-16)14-10-25-27(12-14)11-13-6-5-7-15(9-13)21(22,23)24/h5-7,9-10,12,33H,3-4,8,11H2,1-2H3. The fraction of sp³-hybridized carbons (Fsp3) is 0.333. The largest absolute Gasteiger partial charge is 0.425 e. The summed E-state index contributed by atoms with van der Waals surface area (Å²) in [6, 6.07) is 4.90. The molecular weight excluding hydrogens is 441 g/mol. The minimum Gasteiger partial charge on any atom is -0.425 e. The molecular formula is C21H21F3N6O3. The van der Waals surface area contributed by atoms with E-state index in [1.807, 2.05) is 6.92 Å². The smallest absolute Gasteiger partial charge is 0.416 e. The number of alkyl halides is 3. The Morgan fingerprint density at radius 3 is 2.55 bits per heavy atom. The second-order valence-corrected chi connectivity index (χ2v) is 7.53. The van der Waals surface area contributed by atoms with E-state index in [0.29, 0.717) is 22.3 Å². The Labute approximate surface area is 184 Å². The molecule has 9 nitrogen and oxygen atoms in total. The predicted molar refractivity (Wildman–Crippen MR) is 113 cm³/mol. The van der Waals surface area contributed by atoms with Gasteiger partial charge in [0.1, 0.15) is 0 Å². The number of aromatic nitrogens is 6. The van der Waals surface area contributed by atoms with Crippen LogP contribution in [0.5, 0.6) is 0 Å². The highest BCUT2D eigenvalue weighted by atomic mass is 19.4. The van der Waals surface area contributed by atoms with E-state index in [-0.39, 0.29) is 36.6 Å². The summed E-state index contributed by atoms with van der Waals surface area (Å²) in [6.45, 7) is 4.02. The molecule has 0 saturated carbocycles. The first-order valence-electron chi connectivity index (χ1n) is 10.3. The summed E-state index contributed by atoms with van der Waals surface area (Å²) in [7, 11) is 0. The van der Waals surface area contributed by atoms with Gasteiger partial charge in [0.15, 0.2) is 17.0 Å². The van der Waals surface area contributed by atoms with Gasteiger partial charge in [-0.25, -0.2) is 9.78 Å². The molecule has 4 aromatic rings. The first kappa shape index (κ1) is 22.4. The van der Waals surface area contributed by atoms with Gasteiger partial charge < -0.3 is 5.21 Å². The molecule has 1 aromatic carbocycles. The van der Waals surface area contributed by atoms with Crippen molar-refractivity contribution in [2.45, 2.75) is 46.1 Å². The zero-order valence-corrected chi connectivity index (χ0v) is 17.9. The van der Waals surface area contributed by atoms with Crippen molar-refractivity contribution < 1.29 is 18.4 Å². The summed E-state index contributed by atoms with van der Waals surface area (Å²) < 4.78 is 43.3. The molecule has 0 spiro atoms. The van der Waals surface area contributed by atoms with Gasteiger partial charge in [-0.05, 0) is 31.0 Å². The third kappa shape index (κ3) is 3.92. The number of benzene rings is 1. The van der Waals surface area contributed by atoms with E-state index >= 15 is 0 Å². The van der Waals surface area contributed by atoms with E-state index in [0.717, 1.165) is 16.7 Å². The van der Waals surface area contributed by atoms with E-state index in [4.69, 9.17) is 0 Å². The molecule has 0 aliphatic rings. The van der Waals surface area contributed by atoms with Gasteiger partial charge in [-0.3, -0.25) is 18.6 Å². The molecule has 0 fully saturated rings. The average molecular weight is 462 g/mol. The number of hydrogen-bond donors (Lipinski definition) is 1. The van der Waals surface area contributed by atoms with Crippen LogP contribution < -0.4 is 11.2 Å². The molecule has 4 rings (SSSR count). The van der Waals surface area contributed by atoms with E-state index in [9.17, 15) is 28.0 Å². The van der Waals surface area contributed by atoms with Crippen molar-refractivity contribution in [3.63, 3.8) is 0 Å². The molecule has 0 amide bonds. The van der Waals surface area contributed by atoms with E-state index < -0.39 is 23.0 Å². The number of hydrogen-bond acceptors (Lipinski definition) is 5. The molecule has 0 aliphatic heterocycles. The summed E-state index contributed by atoms with van der Waals surface area (Å²) in [6.07, 6.45) is -1.01. The van der Waals surface area contributed by atoms with Crippen molar-refractivity contribution >= 4 is 11.2 Å². The normalized spacial score (nSPS) is 12.0. The lowest BCUT2D eigenvalue weighted by Crippen LogP contribution is -2.40. The van der Waals surface area contributed by atoms with Crippen molar-refractivity contribution in [1.29, 1.82) is 0 Å². The van der Waals surface area contributed by atoms with Crippen LogP contribution in [0.4, 0.5) is 13.2 Å². The summed E-state index contributed by atoms with van der Waals surface area (Å²) in [5, 5.41) is 14.9. The highest BCUT2D eigenvalue weighted by Gasteiger charge is 2.30. The fourth-order valence-corrected chi connectivity index (χ4v) is 3.73. The first-order valence-corrected chi connectivity index (χ1v) is 10.3. The molecule has 3 aromatic heterocycles. The van der Waals surface area contributed by atoms with Crippen LogP contribution in [0.15, 0.2) is 46.2 Å². The number of nitrogens with zero attached hydrogens (tertiary/aromatic N) is 6.